The van der Waals surface area contributed by atoms with Gasteiger partial charge in [0.05, 0.1) is 18.1 Å². The Kier molecular flexibility index (Phi) is 5.72. The molecule has 2 aromatic carbocycles. The number of nitro groups is 1. The van der Waals surface area contributed by atoms with Gasteiger partial charge in [-0.05, 0) is 37.1 Å². The van der Waals surface area contributed by atoms with E-state index in [0.717, 1.165) is 6.07 Å². The monoisotopic (exact) mass is 391 g/mol. The second-order valence-electron chi connectivity index (χ2n) is 6.49. The van der Waals surface area contributed by atoms with Crippen LogP contribution in [0, 0.1) is 27.7 Å². The molecule has 1 heterocycles. The molecular formula is C19H19F2N3O4. The van der Waals surface area contributed by atoms with Crippen molar-refractivity contribution in [2.24, 2.45) is 5.92 Å². The standard InChI is InChI=1S/C19H19F2N3O4/c1-28-18-11-16(17(24(26)27)10-15(18)21)23-8-6-12(7-9-23)19(25)22-14-4-2-13(20)3-5-14/h2-5,10-12H,6-9H2,1H3,(H,22,25). The highest BCUT2D eigenvalue weighted by atomic mass is 19.1. The average Bonchev–Trinajstić information content (AvgIpc) is 2.69. The van der Waals surface area contributed by atoms with E-state index in [1.807, 2.05) is 0 Å². The number of carbonyl (C=O) groups excluding carboxylic acids is 1. The van der Waals surface area contributed by atoms with Crippen LogP contribution in [0.1, 0.15) is 12.8 Å². The summed E-state index contributed by atoms with van der Waals surface area (Å²) in [6.07, 6.45) is 0.952. The molecule has 7 nitrogen and oxygen atoms in total. The molecular weight excluding hydrogens is 372 g/mol. The number of nitrogens with zero attached hydrogens (tertiary/aromatic N) is 2. The normalized spacial score (nSPS) is 14.6. The SMILES string of the molecule is COc1cc(N2CCC(C(=O)Nc3ccc(F)cc3)CC2)c([N+](=O)[O-])cc1F. The molecule has 9 heteroatoms. The van der Waals surface area contributed by atoms with Gasteiger partial charge in [0.2, 0.25) is 5.91 Å². The van der Waals surface area contributed by atoms with Gasteiger partial charge >= 0.3 is 0 Å². The van der Waals surface area contributed by atoms with E-state index >= 15 is 0 Å². The van der Waals surface area contributed by atoms with Crippen LogP contribution < -0.4 is 15.0 Å². The van der Waals surface area contributed by atoms with Gasteiger partial charge in [0.1, 0.15) is 11.5 Å². The van der Waals surface area contributed by atoms with Gasteiger partial charge in [-0.3, -0.25) is 14.9 Å². The van der Waals surface area contributed by atoms with Crippen molar-refractivity contribution < 1.29 is 23.2 Å². The van der Waals surface area contributed by atoms with E-state index in [1.165, 1.54) is 37.4 Å². The van der Waals surface area contributed by atoms with Gasteiger partial charge in [-0.2, -0.15) is 0 Å². The summed E-state index contributed by atoms with van der Waals surface area (Å²) >= 11 is 0. The van der Waals surface area contributed by atoms with E-state index in [-0.39, 0.29) is 34.8 Å². The first-order valence-electron chi connectivity index (χ1n) is 8.72. The lowest BCUT2D eigenvalue weighted by molar-refractivity contribution is -0.384. The third-order valence-corrected chi connectivity index (χ3v) is 4.76. The van der Waals surface area contributed by atoms with Crippen molar-refractivity contribution in [1.29, 1.82) is 0 Å². The topological polar surface area (TPSA) is 84.7 Å². The van der Waals surface area contributed by atoms with Crippen LogP contribution in [0.15, 0.2) is 36.4 Å². The summed E-state index contributed by atoms with van der Waals surface area (Å²) in [5.41, 5.74) is 0.431. The Morgan fingerprint density at radius 2 is 1.86 bits per heavy atom. The summed E-state index contributed by atoms with van der Waals surface area (Å²) in [7, 11) is 1.29. The lowest BCUT2D eigenvalue weighted by atomic mass is 9.95. The predicted molar refractivity (Wildman–Crippen MR) is 99.6 cm³/mol. The number of nitro benzene ring substituents is 1. The van der Waals surface area contributed by atoms with Crippen LogP contribution in [0.3, 0.4) is 0 Å². The van der Waals surface area contributed by atoms with Crippen molar-refractivity contribution >= 4 is 23.0 Å². The van der Waals surface area contributed by atoms with Crippen LogP contribution in [0.4, 0.5) is 25.8 Å². The number of halogens is 2. The van der Waals surface area contributed by atoms with Crippen molar-refractivity contribution in [3.8, 4) is 5.75 Å². The van der Waals surface area contributed by atoms with Crippen LogP contribution in [0.2, 0.25) is 0 Å². The zero-order chi connectivity index (χ0) is 20.3. The van der Waals surface area contributed by atoms with E-state index in [4.69, 9.17) is 4.74 Å². The molecule has 3 rings (SSSR count). The zero-order valence-corrected chi connectivity index (χ0v) is 15.2. The van der Waals surface area contributed by atoms with Gasteiger partial charge in [0.25, 0.3) is 5.69 Å². The van der Waals surface area contributed by atoms with E-state index in [0.29, 0.717) is 31.6 Å². The Balaban J connectivity index is 1.69. The third-order valence-electron chi connectivity index (χ3n) is 4.76. The summed E-state index contributed by atoms with van der Waals surface area (Å²) in [4.78, 5) is 24.8. The van der Waals surface area contributed by atoms with Crippen molar-refractivity contribution in [3.05, 3.63) is 58.1 Å². The molecule has 1 aliphatic heterocycles. The van der Waals surface area contributed by atoms with Crippen LogP contribution in [-0.4, -0.2) is 31.0 Å². The van der Waals surface area contributed by atoms with Gasteiger partial charge in [-0.25, -0.2) is 8.78 Å². The number of anilines is 2. The molecule has 0 radical (unpaired) electrons. The molecule has 28 heavy (non-hydrogen) atoms. The largest absolute Gasteiger partial charge is 0.494 e. The molecule has 0 bridgehead atoms. The maximum atomic E-state index is 13.8. The third kappa shape index (κ3) is 4.19. The Morgan fingerprint density at radius 3 is 2.43 bits per heavy atom. The molecule has 1 amide bonds. The van der Waals surface area contributed by atoms with E-state index in [1.54, 1.807) is 4.90 Å². The molecule has 0 aromatic heterocycles. The first kappa shape index (κ1) is 19.5. The van der Waals surface area contributed by atoms with Crippen molar-refractivity contribution in [2.45, 2.75) is 12.8 Å². The average molecular weight is 391 g/mol. The number of carbonyl (C=O) groups is 1. The first-order valence-corrected chi connectivity index (χ1v) is 8.72. The van der Waals surface area contributed by atoms with E-state index < -0.39 is 10.7 Å². The maximum Gasteiger partial charge on any atom is 0.295 e. The number of ether oxygens (including phenoxy) is 1. The highest BCUT2D eigenvalue weighted by Gasteiger charge is 2.29. The van der Waals surface area contributed by atoms with Gasteiger partial charge in [0, 0.05) is 30.8 Å². The molecule has 1 fully saturated rings. The summed E-state index contributed by atoms with van der Waals surface area (Å²) in [6.45, 7) is 0.800. The molecule has 1 N–H and O–H groups in total. The second kappa shape index (κ2) is 8.20. The molecule has 0 unspecified atom stereocenters. The minimum absolute atomic E-state index is 0.0724. The summed E-state index contributed by atoms with van der Waals surface area (Å²) in [5, 5.41) is 14.0. The lowest BCUT2D eigenvalue weighted by Crippen LogP contribution is -2.38. The number of amides is 1. The van der Waals surface area contributed by atoms with Gasteiger partial charge in [0.15, 0.2) is 11.6 Å². The number of methoxy groups -OCH3 is 1. The Labute approximate surface area is 160 Å². The molecule has 0 aliphatic carbocycles. The number of piperidine rings is 1. The van der Waals surface area contributed by atoms with Crippen molar-refractivity contribution in [2.75, 3.05) is 30.4 Å². The quantitative estimate of drug-likeness (QED) is 0.620. The smallest absolute Gasteiger partial charge is 0.295 e. The number of hydrogen-bond acceptors (Lipinski definition) is 5. The molecule has 0 spiro atoms. The lowest BCUT2D eigenvalue weighted by Gasteiger charge is -2.32. The van der Waals surface area contributed by atoms with Gasteiger partial charge < -0.3 is 15.0 Å². The first-order chi connectivity index (χ1) is 13.4. The van der Waals surface area contributed by atoms with Gasteiger partial charge in [-0.1, -0.05) is 0 Å². The van der Waals surface area contributed by atoms with Crippen LogP contribution >= 0.6 is 0 Å². The minimum atomic E-state index is -0.800. The Morgan fingerprint density at radius 1 is 1.21 bits per heavy atom. The molecule has 0 saturated carbocycles. The second-order valence-corrected chi connectivity index (χ2v) is 6.49. The number of rotatable bonds is 5. The summed E-state index contributed by atoms with van der Waals surface area (Å²) in [5.74, 6) is -1.72. The van der Waals surface area contributed by atoms with Crippen molar-refractivity contribution in [3.63, 3.8) is 0 Å². The molecule has 0 atom stereocenters. The van der Waals surface area contributed by atoms with Gasteiger partial charge in [-0.15, -0.1) is 0 Å². The van der Waals surface area contributed by atoms with Crippen LogP contribution in [-0.2, 0) is 4.79 Å². The molecule has 148 valence electrons. The molecule has 1 saturated heterocycles. The summed E-state index contributed by atoms with van der Waals surface area (Å²) in [6, 6.07) is 7.65. The minimum Gasteiger partial charge on any atom is -0.494 e. The molecule has 2 aromatic rings. The number of hydrogen-bond donors (Lipinski definition) is 1. The van der Waals surface area contributed by atoms with E-state index in [9.17, 15) is 23.7 Å². The fraction of sp³-hybridized carbons (Fsp3) is 0.316. The Hall–Kier alpha value is -3.23. The highest BCUT2D eigenvalue weighted by Crippen LogP contribution is 2.36. The van der Waals surface area contributed by atoms with Crippen molar-refractivity contribution in [1.82, 2.24) is 0 Å². The molecule has 1 aliphatic rings. The number of nitrogens with one attached hydrogen (secondary N) is 1. The highest BCUT2D eigenvalue weighted by molar-refractivity contribution is 5.92. The fourth-order valence-corrected chi connectivity index (χ4v) is 3.25. The zero-order valence-electron chi connectivity index (χ0n) is 15.2. The fourth-order valence-electron chi connectivity index (χ4n) is 3.25. The van der Waals surface area contributed by atoms with Crippen LogP contribution in [0.5, 0.6) is 5.75 Å². The van der Waals surface area contributed by atoms with Crippen LogP contribution in [0.25, 0.3) is 0 Å². The maximum absolute atomic E-state index is 13.8. The number of benzene rings is 2. The van der Waals surface area contributed by atoms with E-state index in [2.05, 4.69) is 5.32 Å². The summed E-state index contributed by atoms with van der Waals surface area (Å²) < 4.78 is 31.7. The predicted octanol–water partition coefficient (Wildman–Crippen LogP) is 3.74. The Bertz CT molecular complexity index is 881.